The number of nitrogens with zero attached hydrogens (tertiary/aromatic N) is 2. The van der Waals surface area contributed by atoms with Crippen molar-refractivity contribution in [1.82, 2.24) is 15.1 Å². The molecule has 5 heteroatoms. The highest BCUT2D eigenvalue weighted by atomic mass is 16.3. The molecule has 2 aliphatic heterocycles. The zero-order chi connectivity index (χ0) is 14.8. The van der Waals surface area contributed by atoms with Gasteiger partial charge in [0.05, 0.1) is 12.3 Å². The molecule has 2 fully saturated rings. The molecule has 1 N–H and O–H groups in total. The zero-order valence-electron chi connectivity index (χ0n) is 12.9. The van der Waals surface area contributed by atoms with Crippen LogP contribution >= 0.6 is 0 Å². The van der Waals surface area contributed by atoms with E-state index >= 15 is 0 Å². The number of fused-ring (bicyclic) bond motifs is 1. The molecular weight excluding hydrogens is 266 g/mol. The largest absolute Gasteiger partial charge is 0.467 e. The van der Waals surface area contributed by atoms with Gasteiger partial charge in [-0.05, 0) is 57.8 Å². The number of rotatable bonds is 2. The van der Waals surface area contributed by atoms with Crippen molar-refractivity contribution in [2.24, 2.45) is 5.92 Å². The first-order valence-corrected chi connectivity index (χ1v) is 7.94. The summed E-state index contributed by atoms with van der Waals surface area (Å²) in [7, 11) is 2.17. The molecule has 0 aromatic carbocycles. The second-order valence-corrected chi connectivity index (χ2v) is 6.40. The van der Waals surface area contributed by atoms with E-state index in [1.807, 2.05) is 19.1 Å². The summed E-state index contributed by atoms with van der Waals surface area (Å²) in [5, 5.41) is 3.08. The average Bonchev–Trinajstić information content (AvgIpc) is 3.00. The van der Waals surface area contributed by atoms with Crippen LogP contribution in [0.3, 0.4) is 0 Å². The molecule has 1 aromatic rings. The molecule has 0 aliphatic carbocycles. The van der Waals surface area contributed by atoms with E-state index in [1.54, 1.807) is 6.26 Å². The van der Waals surface area contributed by atoms with Gasteiger partial charge in [0.25, 0.3) is 0 Å². The van der Waals surface area contributed by atoms with E-state index in [-0.39, 0.29) is 12.1 Å². The molecule has 2 saturated heterocycles. The molecule has 3 rings (SSSR count). The number of likely N-dealkylation sites (tertiary alicyclic amines) is 2. The number of carbonyl (C=O) groups is 1. The van der Waals surface area contributed by atoms with E-state index in [2.05, 4.69) is 22.2 Å². The van der Waals surface area contributed by atoms with Crippen LogP contribution in [-0.4, -0.2) is 48.6 Å². The highest BCUT2D eigenvalue weighted by molar-refractivity contribution is 5.75. The summed E-state index contributed by atoms with van der Waals surface area (Å²) in [5.41, 5.74) is 0. The number of hydrogen-bond donors (Lipinski definition) is 1. The van der Waals surface area contributed by atoms with Crippen LogP contribution < -0.4 is 5.32 Å². The molecule has 3 unspecified atom stereocenters. The van der Waals surface area contributed by atoms with Gasteiger partial charge in [0, 0.05) is 19.1 Å². The quantitative estimate of drug-likeness (QED) is 0.910. The van der Waals surface area contributed by atoms with Crippen LogP contribution in [0.2, 0.25) is 0 Å². The summed E-state index contributed by atoms with van der Waals surface area (Å²) in [5.74, 6) is 1.43. The van der Waals surface area contributed by atoms with E-state index in [9.17, 15) is 4.79 Å². The Bertz CT molecular complexity index is 474. The van der Waals surface area contributed by atoms with Crippen molar-refractivity contribution >= 4 is 6.03 Å². The van der Waals surface area contributed by atoms with Crippen LogP contribution in [0.1, 0.15) is 38.0 Å². The van der Waals surface area contributed by atoms with Gasteiger partial charge in [-0.15, -0.1) is 0 Å². The number of furan rings is 1. The van der Waals surface area contributed by atoms with Crippen molar-refractivity contribution in [3.05, 3.63) is 24.2 Å². The van der Waals surface area contributed by atoms with Gasteiger partial charge < -0.3 is 19.5 Å². The Morgan fingerprint density at radius 1 is 1.43 bits per heavy atom. The second kappa shape index (κ2) is 6.10. The molecule has 0 bridgehead atoms. The van der Waals surface area contributed by atoms with Gasteiger partial charge in [-0.1, -0.05) is 0 Å². The SMILES string of the molecule is CC(NC(=O)N1CCCC2CN(C)CCC21)c1ccco1. The van der Waals surface area contributed by atoms with Crippen molar-refractivity contribution in [3.63, 3.8) is 0 Å². The molecule has 3 atom stereocenters. The van der Waals surface area contributed by atoms with Gasteiger partial charge in [-0.2, -0.15) is 0 Å². The van der Waals surface area contributed by atoms with E-state index < -0.39 is 0 Å². The molecule has 2 aliphatic rings. The van der Waals surface area contributed by atoms with E-state index in [4.69, 9.17) is 4.42 Å². The summed E-state index contributed by atoms with van der Waals surface area (Å²) in [6, 6.07) is 4.13. The topological polar surface area (TPSA) is 48.7 Å². The normalized spacial score (nSPS) is 28.0. The van der Waals surface area contributed by atoms with E-state index in [1.165, 1.54) is 6.42 Å². The van der Waals surface area contributed by atoms with Gasteiger partial charge >= 0.3 is 6.03 Å². The summed E-state index contributed by atoms with van der Waals surface area (Å²) < 4.78 is 5.36. The third-order valence-electron chi connectivity index (χ3n) is 4.84. The number of carbonyl (C=O) groups excluding carboxylic acids is 1. The number of amides is 2. The third kappa shape index (κ3) is 3.07. The van der Waals surface area contributed by atoms with E-state index in [0.717, 1.165) is 38.2 Å². The van der Waals surface area contributed by atoms with Crippen molar-refractivity contribution in [1.29, 1.82) is 0 Å². The van der Waals surface area contributed by atoms with Gasteiger partial charge in [0.1, 0.15) is 5.76 Å². The smallest absolute Gasteiger partial charge is 0.318 e. The molecule has 0 saturated carbocycles. The minimum atomic E-state index is -0.0841. The Kier molecular flexibility index (Phi) is 4.19. The van der Waals surface area contributed by atoms with Crippen LogP contribution in [-0.2, 0) is 0 Å². The number of nitrogens with one attached hydrogen (secondary N) is 1. The van der Waals surface area contributed by atoms with Crippen molar-refractivity contribution in [2.45, 2.75) is 38.3 Å². The standard InChI is InChI=1S/C16H25N3O2/c1-12(15-6-4-10-21-15)17-16(20)19-8-3-5-13-11-18(2)9-7-14(13)19/h4,6,10,12-14H,3,5,7-9,11H2,1-2H3,(H,17,20). The fraction of sp³-hybridized carbons (Fsp3) is 0.688. The van der Waals surface area contributed by atoms with Gasteiger partial charge in [-0.3, -0.25) is 0 Å². The second-order valence-electron chi connectivity index (χ2n) is 6.40. The zero-order valence-corrected chi connectivity index (χ0v) is 12.9. The molecule has 2 amide bonds. The lowest BCUT2D eigenvalue weighted by Crippen LogP contribution is -2.57. The Hall–Kier alpha value is -1.49. The molecule has 0 spiro atoms. The summed E-state index contributed by atoms with van der Waals surface area (Å²) in [6.45, 7) is 5.04. The van der Waals surface area contributed by atoms with Gasteiger partial charge in [-0.25, -0.2) is 4.79 Å². The van der Waals surface area contributed by atoms with Crippen LogP contribution in [0.25, 0.3) is 0 Å². The van der Waals surface area contributed by atoms with Crippen molar-refractivity contribution in [3.8, 4) is 0 Å². The summed E-state index contributed by atoms with van der Waals surface area (Å²) in [6.07, 6.45) is 5.08. The number of hydrogen-bond acceptors (Lipinski definition) is 3. The number of piperidine rings is 2. The molecule has 5 nitrogen and oxygen atoms in total. The maximum Gasteiger partial charge on any atom is 0.318 e. The first kappa shape index (κ1) is 14.4. The van der Waals surface area contributed by atoms with Gasteiger partial charge in [0.15, 0.2) is 0 Å². The predicted octanol–water partition coefficient (Wildman–Crippen LogP) is 2.47. The first-order valence-electron chi connectivity index (χ1n) is 7.94. The lowest BCUT2D eigenvalue weighted by molar-refractivity contribution is 0.0523. The first-order chi connectivity index (χ1) is 10.1. The van der Waals surface area contributed by atoms with Crippen molar-refractivity contribution in [2.75, 3.05) is 26.7 Å². The lowest BCUT2D eigenvalue weighted by Gasteiger charge is -2.46. The van der Waals surface area contributed by atoms with Crippen LogP contribution in [0.5, 0.6) is 0 Å². The fourth-order valence-electron chi connectivity index (χ4n) is 3.71. The van der Waals surface area contributed by atoms with E-state index in [0.29, 0.717) is 12.0 Å². The highest BCUT2D eigenvalue weighted by Crippen LogP contribution is 2.30. The maximum absolute atomic E-state index is 12.6. The molecule has 0 radical (unpaired) electrons. The molecule has 1 aromatic heterocycles. The molecule has 116 valence electrons. The molecule has 3 heterocycles. The minimum absolute atomic E-state index is 0.0538. The van der Waals surface area contributed by atoms with Crippen LogP contribution in [0.15, 0.2) is 22.8 Å². The Labute approximate surface area is 126 Å². The third-order valence-corrected chi connectivity index (χ3v) is 4.84. The maximum atomic E-state index is 12.6. The number of urea groups is 1. The Morgan fingerprint density at radius 2 is 2.29 bits per heavy atom. The minimum Gasteiger partial charge on any atom is -0.467 e. The molecular formula is C16H25N3O2. The summed E-state index contributed by atoms with van der Waals surface area (Å²) in [4.78, 5) is 17.0. The molecule has 21 heavy (non-hydrogen) atoms. The highest BCUT2D eigenvalue weighted by Gasteiger charge is 2.37. The Morgan fingerprint density at radius 3 is 3.05 bits per heavy atom. The van der Waals surface area contributed by atoms with Crippen LogP contribution in [0, 0.1) is 5.92 Å². The van der Waals surface area contributed by atoms with Gasteiger partial charge in [0.2, 0.25) is 0 Å². The fourth-order valence-corrected chi connectivity index (χ4v) is 3.71. The monoisotopic (exact) mass is 291 g/mol. The Balaban J connectivity index is 1.63. The lowest BCUT2D eigenvalue weighted by atomic mass is 9.84. The average molecular weight is 291 g/mol. The van der Waals surface area contributed by atoms with Crippen molar-refractivity contribution < 1.29 is 9.21 Å². The summed E-state index contributed by atoms with van der Waals surface area (Å²) >= 11 is 0. The predicted molar refractivity (Wildman–Crippen MR) is 81.0 cm³/mol. The van der Waals surface area contributed by atoms with Crippen LogP contribution in [0.4, 0.5) is 4.79 Å².